The molecule has 2 aliphatic rings. The fourth-order valence-corrected chi connectivity index (χ4v) is 6.43. The van der Waals surface area contributed by atoms with Crippen molar-refractivity contribution in [3.05, 3.63) is 0 Å². The average molecular weight is 450 g/mol. The number of hydrogen-bond donors (Lipinski definition) is 2. The van der Waals surface area contributed by atoms with E-state index >= 15 is 0 Å². The van der Waals surface area contributed by atoms with Crippen LogP contribution in [-0.4, -0.2) is 42.4 Å². The van der Waals surface area contributed by atoms with Gasteiger partial charge in [0.15, 0.2) is 0 Å². The Bertz CT molecular complexity index is 553. The third-order valence-electron chi connectivity index (χ3n) is 8.43. The zero-order chi connectivity index (χ0) is 23.7. The van der Waals surface area contributed by atoms with Gasteiger partial charge in [0.2, 0.25) is 11.8 Å². The molecule has 0 spiro atoms. The molecule has 186 valence electrons. The maximum absolute atomic E-state index is 12.7. The summed E-state index contributed by atoms with van der Waals surface area (Å²) in [6.07, 6.45) is 12.8. The lowest BCUT2D eigenvalue weighted by Crippen LogP contribution is -2.53. The molecule has 2 saturated carbocycles. The fraction of sp³-hybridized carbons (Fsp3) is 0.926. The van der Waals surface area contributed by atoms with E-state index in [1.165, 1.54) is 19.3 Å². The Balaban J connectivity index is 1.77. The van der Waals surface area contributed by atoms with Gasteiger partial charge >= 0.3 is 0 Å². The number of hydrogen-bond acceptors (Lipinski definition) is 3. The molecule has 0 radical (unpaired) electrons. The van der Waals surface area contributed by atoms with Gasteiger partial charge in [0.25, 0.3) is 0 Å². The highest BCUT2D eigenvalue weighted by atomic mass is 16.2. The number of carbonyl (C=O) groups is 2. The lowest BCUT2D eigenvalue weighted by Gasteiger charge is -2.50. The maximum Gasteiger partial charge on any atom is 0.223 e. The van der Waals surface area contributed by atoms with Crippen molar-refractivity contribution in [2.24, 2.45) is 35.3 Å². The Kier molecular flexibility index (Phi) is 11.5. The van der Waals surface area contributed by atoms with Crippen molar-refractivity contribution in [2.45, 2.75) is 117 Å². The molecule has 2 unspecified atom stereocenters. The van der Waals surface area contributed by atoms with E-state index in [2.05, 4.69) is 45.0 Å². The summed E-state index contributed by atoms with van der Waals surface area (Å²) in [5.41, 5.74) is 5.17. The molecule has 5 heteroatoms. The van der Waals surface area contributed by atoms with E-state index in [4.69, 9.17) is 5.73 Å². The van der Waals surface area contributed by atoms with Crippen molar-refractivity contribution in [2.75, 3.05) is 13.6 Å². The van der Waals surface area contributed by atoms with E-state index in [9.17, 15) is 9.59 Å². The molecular weight excluding hydrogens is 398 g/mol. The van der Waals surface area contributed by atoms with Crippen LogP contribution < -0.4 is 11.1 Å². The number of carbonyl (C=O) groups excluding carboxylic acids is 2. The smallest absolute Gasteiger partial charge is 0.223 e. The van der Waals surface area contributed by atoms with Gasteiger partial charge in [0.05, 0.1) is 0 Å². The molecule has 0 saturated heterocycles. The summed E-state index contributed by atoms with van der Waals surface area (Å²) in [6, 6.07) is 1.31. The normalized spacial score (nSPS) is 28.9. The first-order valence-corrected chi connectivity index (χ1v) is 13.5. The monoisotopic (exact) mass is 449 g/mol. The number of unbranched alkanes of at least 4 members (excludes halogenated alkanes) is 3. The third kappa shape index (κ3) is 8.04. The third-order valence-corrected chi connectivity index (χ3v) is 8.43. The minimum Gasteiger partial charge on any atom is -0.370 e. The Labute approximate surface area is 197 Å². The average Bonchev–Trinajstić information content (AvgIpc) is 2.77. The van der Waals surface area contributed by atoms with Gasteiger partial charge in [-0.05, 0) is 82.1 Å². The zero-order valence-electron chi connectivity index (χ0n) is 21.6. The summed E-state index contributed by atoms with van der Waals surface area (Å²) in [7, 11) is 2.38. The van der Waals surface area contributed by atoms with Crippen molar-refractivity contribution in [3.63, 3.8) is 0 Å². The summed E-state index contributed by atoms with van der Waals surface area (Å²) >= 11 is 0. The summed E-state index contributed by atoms with van der Waals surface area (Å²) < 4.78 is 0. The molecule has 32 heavy (non-hydrogen) atoms. The Hall–Kier alpha value is -1.10. The number of nitrogens with two attached hydrogens (primary N) is 1. The van der Waals surface area contributed by atoms with E-state index in [0.717, 1.165) is 81.6 Å². The number of nitrogens with one attached hydrogen (secondary N) is 1. The van der Waals surface area contributed by atoms with Gasteiger partial charge in [0, 0.05) is 31.0 Å². The second kappa shape index (κ2) is 13.6. The molecular formula is C27H51N3O2. The molecule has 0 heterocycles. The Morgan fingerprint density at radius 2 is 1.44 bits per heavy atom. The van der Waals surface area contributed by atoms with Crippen molar-refractivity contribution >= 4 is 11.8 Å². The van der Waals surface area contributed by atoms with Crippen LogP contribution in [0.15, 0.2) is 0 Å². The fourth-order valence-electron chi connectivity index (χ4n) is 6.43. The zero-order valence-corrected chi connectivity index (χ0v) is 21.6. The molecule has 2 atom stereocenters. The summed E-state index contributed by atoms with van der Waals surface area (Å²) in [5, 5.41) is 3.16. The highest BCUT2D eigenvalue weighted by Crippen LogP contribution is 2.42. The number of rotatable bonds is 12. The Morgan fingerprint density at radius 3 is 1.97 bits per heavy atom. The summed E-state index contributed by atoms with van der Waals surface area (Å²) in [5.74, 6) is 3.28. The van der Waals surface area contributed by atoms with Crippen molar-refractivity contribution in [1.82, 2.24) is 10.2 Å². The van der Waals surface area contributed by atoms with Crippen LogP contribution >= 0.6 is 0 Å². The van der Waals surface area contributed by atoms with Crippen molar-refractivity contribution in [1.29, 1.82) is 0 Å². The van der Waals surface area contributed by atoms with Gasteiger partial charge in [-0.3, -0.25) is 14.5 Å². The van der Waals surface area contributed by atoms with E-state index in [-0.39, 0.29) is 17.7 Å². The first kappa shape index (κ1) is 27.1. The first-order valence-electron chi connectivity index (χ1n) is 13.5. The minimum absolute atomic E-state index is 0.183. The van der Waals surface area contributed by atoms with Crippen LogP contribution in [0, 0.1) is 29.6 Å². The molecule has 5 nitrogen and oxygen atoms in total. The SMILES string of the molecule is CC(C)C1CCCC(C(C)C)C1N(C)C1CCC(C(=O)NCCCCCCC(N)=O)CC1. The van der Waals surface area contributed by atoms with Crippen molar-refractivity contribution in [3.8, 4) is 0 Å². The lowest BCUT2D eigenvalue weighted by atomic mass is 9.67. The van der Waals surface area contributed by atoms with Gasteiger partial charge in [0.1, 0.15) is 0 Å². The molecule has 0 aliphatic heterocycles. The minimum atomic E-state index is -0.220. The van der Waals surface area contributed by atoms with Crippen LogP contribution in [0.2, 0.25) is 0 Å². The predicted molar refractivity (Wildman–Crippen MR) is 133 cm³/mol. The molecule has 0 bridgehead atoms. The van der Waals surface area contributed by atoms with Crippen LogP contribution in [0.4, 0.5) is 0 Å². The van der Waals surface area contributed by atoms with Crippen LogP contribution in [-0.2, 0) is 9.59 Å². The molecule has 3 N–H and O–H groups in total. The number of amides is 2. The van der Waals surface area contributed by atoms with Gasteiger partial charge in [-0.25, -0.2) is 0 Å². The number of primary amides is 1. The largest absolute Gasteiger partial charge is 0.370 e. The second-order valence-electron chi connectivity index (χ2n) is 11.3. The summed E-state index contributed by atoms with van der Waals surface area (Å²) in [6.45, 7) is 10.4. The van der Waals surface area contributed by atoms with Gasteiger partial charge in [-0.1, -0.05) is 47.0 Å². The molecule has 2 aliphatic carbocycles. The molecule has 2 rings (SSSR count). The molecule has 0 aromatic rings. The quantitative estimate of drug-likeness (QED) is 0.406. The van der Waals surface area contributed by atoms with Gasteiger partial charge < -0.3 is 11.1 Å². The standard InChI is InChI=1S/C27H51N3O2/c1-19(2)23-11-10-12-24(20(3)4)26(23)30(5)22-16-14-21(15-17-22)27(32)29-18-9-7-6-8-13-25(28)31/h19-24,26H,6-18H2,1-5H3,(H2,28,31)(H,29,32). The topological polar surface area (TPSA) is 75.4 Å². The lowest BCUT2D eigenvalue weighted by molar-refractivity contribution is -0.126. The van der Waals surface area contributed by atoms with Crippen LogP contribution in [0.1, 0.15) is 105 Å². The molecule has 0 aromatic heterocycles. The molecule has 0 aromatic carbocycles. The van der Waals surface area contributed by atoms with Crippen molar-refractivity contribution < 1.29 is 9.59 Å². The highest BCUT2D eigenvalue weighted by Gasteiger charge is 2.41. The Morgan fingerprint density at radius 1 is 0.875 bits per heavy atom. The maximum atomic E-state index is 12.7. The van der Waals surface area contributed by atoms with Gasteiger partial charge in [-0.2, -0.15) is 0 Å². The summed E-state index contributed by atoms with van der Waals surface area (Å²) in [4.78, 5) is 26.2. The van der Waals surface area contributed by atoms with E-state index in [0.29, 0.717) is 18.5 Å². The van der Waals surface area contributed by atoms with E-state index < -0.39 is 0 Å². The predicted octanol–water partition coefficient (Wildman–Crippen LogP) is 5.13. The van der Waals surface area contributed by atoms with E-state index in [1.54, 1.807) is 0 Å². The second-order valence-corrected chi connectivity index (χ2v) is 11.3. The van der Waals surface area contributed by atoms with Gasteiger partial charge in [-0.15, -0.1) is 0 Å². The van der Waals surface area contributed by atoms with Crippen LogP contribution in [0.3, 0.4) is 0 Å². The highest BCUT2D eigenvalue weighted by molar-refractivity contribution is 5.78. The van der Waals surface area contributed by atoms with Crippen LogP contribution in [0.5, 0.6) is 0 Å². The first-order chi connectivity index (χ1) is 15.2. The van der Waals surface area contributed by atoms with E-state index in [1.807, 2.05) is 0 Å². The molecule has 2 amide bonds. The number of nitrogens with zero attached hydrogens (tertiary/aromatic N) is 1. The molecule has 2 fully saturated rings. The van der Waals surface area contributed by atoms with Crippen LogP contribution in [0.25, 0.3) is 0 Å².